The summed E-state index contributed by atoms with van der Waals surface area (Å²) in [7, 11) is 0. The second-order valence-electron chi connectivity index (χ2n) is 4.42. The Labute approximate surface area is 130 Å². The maximum Gasteiger partial charge on any atom is 0.306 e. The number of esters is 1. The average molecular weight is 352 g/mol. The zero-order valence-electron chi connectivity index (χ0n) is 11.4. The van der Waals surface area contributed by atoms with Crippen molar-refractivity contribution < 1.29 is 19.4 Å². The summed E-state index contributed by atoms with van der Waals surface area (Å²) < 4.78 is 5.60. The van der Waals surface area contributed by atoms with Crippen LogP contribution in [0.4, 0.5) is 0 Å². The first-order valence-electron chi connectivity index (χ1n) is 6.49. The summed E-state index contributed by atoms with van der Waals surface area (Å²) in [6.07, 6.45) is -0.0663. The van der Waals surface area contributed by atoms with Crippen LogP contribution >= 0.6 is 15.9 Å². The Morgan fingerprint density at radius 2 is 2.05 bits per heavy atom. The second-order valence-corrected chi connectivity index (χ2v) is 5.34. The van der Waals surface area contributed by atoms with Crippen molar-refractivity contribution in [1.82, 2.24) is 4.98 Å². The van der Waals surface area contributed by atoms with Crippen molar-refractivity contribution in [2.45, 2.75) is 19.8 Å². The van der Waals surface area contributed by atoms with Crippen LogP contribution < -0.4 is 0 Å². The van der Waals surface area contributed by atoms with Gasteiger partial charge in [0.2, 0.25) is 0 Å². The third-order valence-electron chi connectivity index (χ3n) is 2.89. The summed E-state index contributed by atoms with van der Waals surface area (Å²) >= 11 is 3.33. The summed E-state index contributed by atoms with van der Waals surface area (Å²) in [5, 5.41) is 10.6. The van der Waals surface area contributed by atoms with Gasteiger partial charge in [-0.2, -0.15) is 0 Å². The van der Waals surface area contributed by atoms with E-state index in [1.807, 2.05) is 6.07 Å². The molecule has 0 aliphatic heterocycles. The third kappa shape index (κ3) is 3.78. The van der Waals surface area contributed by atoms with Gasteiger partial charge in [0, 0.05) is 16.3 Å². The Kier molecular flexibility index (Phi) is 4.90. The van der Waals surface area contributed by atoms with E-state index in [2.05, 4.69) is 20.9 Å². The molecule has 0 aliphatic rings. The van der Waals surface area contributed by atoms with Gasteiger partial charge >= 0.3 is 5.97 Å². The quantitative estimate of drug-likeness (QED) is 0.660. The molecule has 0 saturated heterocycles. The number of hydrogen-bond acceptors (Lipinski definition) is 5. The first-order chi connectivity index (χ1) is 10.0. The number of benzene rings is 1. The topological polar surface area (TPSA) is 76.5 Å². The average Bonchev–Trinajstić information content (AvgIpc) is 2.45. The van der Waals surface area contributed by atoms with Gasteiger partial charge in [-0.15, -0.1) is 0 Å². The Balaban J connectivity index is 2.22. The number of aromatic nitrogens is 1. The minimum atomic E-state index is -0.436. The molecule has 1 N–H and O–H groups in total. The van der Waals surface area contributed by atoms with E-state index in [-0.39, 0.29) is 36.7 Å². The number of ether oxygens (including phenoxy) is 1. The van der Waals surface area contributed by atoms with E-state index in [0.29, 0.717) is 5.52 Å². The largest absolute Gasteiger partial charge is 0.506 e. The minimum Gasteiger partial charge on any atom is -0.506 e. The summed E-state index contributed by atoms with van der Waals surface area (Å²) in [5.41, 5.74) is 0.576. The number of halogens is 1. The van der Waals surface area contributed by atoms with Crippen LogP contribution in [0.1, 0.15) is 30.3 Å². The third-order valence-corrected chi connectivity index (χ3v) is 3.38. The number of pyridine rings is 1. The molecule has 1 aromatic heterocycles. The molecule has 110 valence electrons. The molecule has 2 aromatic rings. The highest BCUT2D eigenvalue weighted by Gasteiger charge is 2.16. The van der Waals surface area contributed by atoms with Gasteiger partial charge in [-0.05, 0) is 25.1 Å². The summed E-state index contributed by atoms with van der Waals surface area (Å²) in [5.74, 6) is -1.00. The molecule has 0 aliphatic carbocycles. The standard InChI is InChI=1S/C15H14BrNO4/c1-2-21-14(20)6-5-12(18)15-13(19)7-9-3-4-10(16)8-11(9)17-15/h3-4,7-8,19H,2,5-6H2,1H3. The van der Waals surface area contributed by atoms with Gasteiger partial charge in [-0.1, -0.05) is 22.0 Å². The van der Waals surface area contributed by atoms with Crippen molar-refractivity contribution in [1.29, 1.82) is 0 Å². The molecule has 0 radical (unpaired) electrons. The molecule has 0 amide bonds. The lowest BCUT2D eigenvalue weighted by atomic mass is 10.1. The van der Waals surface area contributed by atoms with Gasteiger partial charge in [0.1, 0.15) is 11.4 Å². The van der Waals surface area contributed by atoms with Crippen molar-refractivity contribution >= 4 is 38.6 Å². The molecule has 0 bridgehead atoms. The van der Waals surface area contributed by atoms with E-state index in [1.54, 1.807) is 19.1 Å². The van der Waals surface area contributed by atoms with Crippen molar-refractivity contribution in [3.05, 3.63) is 34.4 Å². The molecule has 0 atom stereocenters. The Bertz CT molecular complexity index is 699. The van der Waals surface area contributed by atoms with Crippen LogP contribution in [0.25, 0.3) is 10.9 Å². The van der Waals surface area contributed by atoms with E-state index >= 15 is 0 Å². The lowest BCUT2D eigenvalue weighted by Gasteiger charge is -2.06. The van der Waals surface area contributed by atoms with E-state index < -0.39 is 5.97 Å². The molecule has 5 nitrogen and oxygen atoms in total. The second kappa shape index (κ2) is 6.67. The molecule has 0 spiro atoms. The number of aromatic hydroxyl groups is 1. The van der Waals surface area contributed by atoms with Gasteiger partial charge in [0.15, 0.2) is 5.78 Å². The molecule has 1 heterocycles. The fourth-order valence-electron chi connectivity index (χ4n) is 1.90. The molecular weight excluding hydrogens is 338 g/mol. The molecule has 0 saturated carbocycles. The molecule has 6 heteroatoms. The maximum atomic E-state index is 12.1. The number of hydrogen-bond donors (Lipinski definition) is 1. The number of Topliss-reactive ketones (excluding diaryl/α,β-unsaturated/α-hetero) is 1. The van der Waals surface area contributed by atoms with Crippen molar-refractivity contribution in [2.24, 2.45) is 0 Å². The Morgan fingerprint density at radius 3 is 2.76 bits per heavy atom. The zero-order valence-corrected chi connectivity index (χ0v) is 13.0. The summed E-state index contributed by atoms with van der Waals surface area (Å²) in [6, 6.07) is 6.87. The Hall–Kier alpha value is -1.95. The number of nitrogens with zero attached hydrogens (tertiary/aromatic N) is 1. The van der Waals surface area contributed by atoms with Gasteiger partial charge in [0.25, 0.3) is 0 Å². The van der Waals surface area contributed by atoms with Gasteiger partial charge in [-0.3, -0.25) is 9.59 Å². The minimum absolute atomic E-state index is 0.0232. The number of carbonyl (C=O) groups excluding carboxylic acids is 2. The van der Waals surface area contributed by atoms with Crippen LogP contribution in [0.15, 0.2) is 28.7 Å². The SMILES string of the molecule is CCOC(=O)CCC(=O)c1nc2cc(Br)ccc2cc1O. The van der Waals surface area contributed by atoms with Crippen LogP contribution in [-0.2, 0) is 9.53 Å². The molecule has 21 heavy (non-hydrogen) atoms. The highest BCUT2D eigenvalue weighted by atomic mass is 79.9. The molecule has 2 rings (SSSR count). The predicted molar refractivity (Wildman–Crippen MR) is 81.3 cm³/mol. The first-order valence-corrected chi connectivity index (χ1v) is 7.28. The molecule has 0 unspecified atom stereocenters. The molecule has 0 fully saturated rings. The molecular formula is C15H14BrNO4. The highest BCUT2D eigenvalue weighted by Crippen LogP contribution is 2.25. The van der Waals surface area contributed by atoms with Gasteiger partial charge in [-0.25, -0.2) is 4.98 Å². The lowest BCUT2D eigenvalue weighted by molar-refractivity contribution is -0.143. The van der Waals surface area contributed by atoms with Crippen LogP contribution in [0, 0.1) is 0 Å². The number of rotatable bonds is 5. The highest BCUT2D eigenvalue weighted by molar-refractivity contribution is 9.10. The normalized spacial score (nSPS) is 10.6. The van der Waals surface area contributed by atoms with Crippen LogP contribution in [0.2, 0.25) is 0 Å². The molecule has 1 aromatic carbocycles. The van der Waals surface area contributed by atoms with Crippen molar-refractivity contribution in [3.8, 4) is 5.75 Å². The Morgan fingerprint density at radius 1 is 1.29 bits per heavy atom. The smallest absolute Gasteiger partial charge is 0.306 e. The van der Waals surface area contributed by atoms with Crippen molar-refractivity contribution in [2.75, 3.05) is 6.61 Å². The fraction of sp³-hybridized carbons (Fsp3) is 0.267. The van der Waals surface area contributed by atoms with Gasteiger partial charge in [0.05, 0.1) is 18.5 Å². The van der Waals surface area contributed by atoms with E-state index in [1.165, 1.54) is 6.07 Å². The van der Waals surface area contributed by atoms with Gasteiger partial charge < -0.3 is 9.84 Å². The summed E-state index contributed by atoms with van der Waals surface area (Å²) in [6.45, 7) is 1.98. The maximum absolute atomic E-state index is 12.1. The first kappa shape index (κ1) is 15.4. The number of ketones is 1. The van der Waals surface area contributed by atoms with E-state index in [9.17, 15) is 14.7 Å². The monoisotopic (exact) mass is 351 g/mol. The fourth-order valence-corrected chi connectivity index (χ4v) is 2.25. The van der Waals surface area contributed by atoms with E-state index in [4.69, 9.17) is 4.74 Å². The van der Waals surface area contributed by atoms with Crippen molar-refractivity contribution in [3.63, 3.8) is 0 Å². The van der Waals surface area contributed by atoms with E-state index in [0.717, 1.165) is 9.86 Å². The zero-order chi connectivity index (χ0) is 15.4. The van der Waals surface area contributed by atoms with Crippen LogP contribution in [-0.4, -0.2) is 28.4 Å². The van der Waals surface area contributed by atoms with Crippen LogP contribution in [0.5, 0.6) is 5.75 Å². The van der Waals surface area contributed by atoms with Crippen LogP contribution in [0.3, 0.4) is 0 Å². The predicted octanol–water partition coefficient (Wildman–Crippen LogP) is 3.23. The lowest BCUT2D eigenvalue weighted by Crippen LogP contribution is -2.09. The number of fused-ring (bicyclic) bond motifs is 1. The summed E-state index contributed by atoms with van der Waals surface area (Å²) in [4.78, 5) is 27.5. The number of carbonyl (C=O) groups is 2.